The summed E-state index contributed by atoms with van der Waals surface area (Å²) >= 11 is 5.94. The summed E-state index contributed by atoms with van der Waals surface area (Å²) in [5.74, 6) is -1.24. The summed E-state index contributed by atoms with van der Waals surface area (Å²) in [7, 11) is 0. The largest absolute Gasteiger partial charge is 0.481 e. The van der Waals surface area contributed by atoms with E-state index >= 15 is 0 Å². The van der Waals surface area contributed by atoms with E-state index in [1.54, 1.807) is 27.9 Å². The lowest BCUT2D eigenvalue weighted by Gasteiger charge is -2.34. The Morgan fingerprint density at radius 2 is 2.00 bits per heavy atom. The van der Waals surface area contributed by atoms with E-state index in [1.165, 1.54) is 0 Å². The minimum atomic E-state index is -0.857. The Hall–Kier alpha value is -2.54. The van der Waals surface area contributed by atoms with Crippen LogP contribution in [-0.4, -0.2) is 44.9 Å². The van der Waals surface area contributed by atoms with Crippen molar-refractivity contribution in [2.75, 3.05) is 18.4 Å². The predicted molar refractivity (Wildman–Crippen MR) is 103 cm³/mol. The van der Waals surface area contributed by atoms with Crippen LogP contribution in [0, 0.1) is 11.8 Å². The smallest absolute Gasteiger partial charge is 0.321 e. The molecule has 0 bridgehead atoms. The topological polar surface area (TPSA) is 87.5 Å². The third-order valence-electron chi connectivity index (χ3n) is 4.81. The van der Waals surface area contributed by atoms with Crippen molar-refractivity contribution in [2.24, 2.45) is 11.8 Å². The molecule has 1 aliphatic heterocycles. The zero-order chi connectivity index (χ0) is 19.6. The van der Waals surface area contributed by atoms with Crippen LogP contribution in [0.4, 0.5) is 10.5 Å². The molecule has 2 heterocycles. The number of aliphatic carboxylic acids is 1. The molecule has 1 aliphatic rings. The third-order valence-corrected chi connectivity index (χ3v) is 5.06. The molecule has 8 heteroatoms. The van der Waals surface area contributed by atoms with E-state index in [-0.39, 0.29) is 18.5 Å². The number of hydrogen-bond donors (Lipinski definition) is 2. The monoisotopic (exact) mass is 390 g/mol. The van der Waals surface area contributed by atoms with E-state index in [1.807, 2.05) is 26.0 Å². The number of hydrogen-bond acceptors (Lipinski definition) is 3. The number of carbonyl (C=O) groups excluding carboxylic acids is 1. The summed E-state index contributed by atoms with van der Waals surface area (Å²) < 4.78 is 1.77. The lowest BCUT2D eigenvalue weighted by molar-refractivity contribution is -0.143. The standard InChI is InChI=1S/C19H23ClN4O3/c1-3-17-16(9-21-24(17)15-6-4-14(20)5-7-15)22-19(27)23-10-12(2)8-13(11-23)18(25)26/h4-7,9,12-13H,3,8,10-11H2,1-2H3,(H,22,27)(H,25,26). The summed E-state index contributed by atoms with van der Waals surface area (Å²) in [4.78, 5) is 25.6. The van der Waals surface area contributed by atoms with E-state index < -0.39 is 11.9 Å². The molecule has 0 aliphatic carbocycles. The molecule has 7 nitrogen and oxygen atoms in total. The number of amides is 2. The second-order valence-electron chi connectivity index (χ2n) is 6.96. The number of likely N-dealkylation sites (tertiary alicyclic amines) is 1. The molecular formula is C19H23ClN4O3. The van der Waals surface area contributed by atoms with Crippen LogP contribution in [-0.2, 0) is 11.2 Å². The fourth-order valence-corrected chi connectivity index (χ4v) is 3.64. The molecular weight excluding hydrogens is 368 g/mol. The average Bonchev–Trinajstić information content (AvgIpc) is 3.04. The van der Waals surface area contributed by atoms with E-state index in [4.69, 9.17) is 11.6 Å². The molecule has 2 N–H and O–H groups in total. The van der Waals surface area contributed by atoms with Crippen LogP contribution in [0.15, 0.2) is 30.5 Å². The minimum Gasteiger partial charge on any atom is -0.481 e. The van der Waals surface area contributed by atoms with Gasteiger partial charge in [0.15, 0.2) is 0 Å². The summed E-state index contributed by atoms with van der Waals surface area (Å²) in [5, 5.41) is 17.2. The highest BCUT2D eigenvalue weighted by molar-refractivity contribution is 6.30. The number of benzene rings is 1. The van der Waals surface area contributed by atoms with Crippen molar-refractivity contribution < 1.29 is 14.7 Å². The third kappa shape index (κ3) is 4.24. The van der Waals surface area contributed by atoms with Crippen molar-refractivity contribution in [3.8, 4) is 5.69 Å². The predicted octanol–water partition coefficient (Wildman–Crippen LogP) is 3.66. The van der Waals surface area contributed by atoms with E-state index in [2.05, 4.69) is 10.4 Å². The number of rotatable bonds is 4. The van der Waals surface area contributed by atoms with Gasteiger partial charge in [-0.05, 0) is 43.0 Å². The molecule has 3 rings (SSSR count). The van der Waals surface area contributed by atoms with Crippen molar-refractivity contribution in [3.05, 3.63) is 41.2 Å². The van der Waals surface area contributed by atoms with Gasteiger partial charge >= 0.3 is 12.0 Å². The molecule has 144 valence electrons. The van der Waals surface area contributed by atoms with Gasteiger partial charge in [-0.15, -0.1) is 0 Å². The van der Waals surface area contributed by atoms with E-state index in [9.17, 15) is 14.7 Å². The first-order valence-electron chi connectivity index (χ1n) is 9.00. The molecule has 2 atom stereocenters. The van der Waals surface area contributed by atoms with Crippen LogP contribution in [0.25, 0.3) is 5.69 Å². The first-order valence-corrected chi connectivity index (χ1v) is 9.38. The fraction of sp³-hybridized carbons (Fsp3) is 0.421. The Labute approximate surface area is 162 Å². The van der Waals surface area contributed by atoms with Crippen molar-refractivity contribution in [3.63, 3.8) is 0 Å². The lowest BCUT2D eigenvalue weighted by atomic mass is 9.91. The Morgan fingerprint density at radius 3 is 2.63 bits per heavy atom. The van der Waals surface area contributed by atoms with Crippen LogP contribution < -0.4 is 5.32 Å². The summed E-state index contributed by atoms with van der Waals surface area (Å²) in [6.45, 7) is 4.72. The van der Waals surface area contributed by atoms with Gasteiger partial charge < -0.3 is 15.3 Å². The maximum atomic E-state index is 12.7. The molecule has 0 radical (unpaired) electrons. The maximum Gasteiger partial charge on any atom is 0.321 e. The Bertz CT molecular complexity index is 834. The van der Waals surface area contributed by atoms with Crippen LogP contribution in [0.5, 0.6) is 0 Å². The van der Waals surface area contributed by atoms with Gasteiger partial charge in [0.1, 0.15) is 0 Å². The van der Waals surface area contributed by atoms with Crippen molar-refractivity contribution in [2.45, 2.75) is 26.7 Å². The zero-order valence-corrected chi connectivity index (χ0v) is 16.1. The van der Waals surface area contributed by atoms with Gasteiger partial charge in [0.2, 0.25) is 0 Å². The number of carboxylic acid groups (broad SMARTS) is 1. The van der Waals surface area contributed by atoms with Gasteiger partial charge in [0, 0.05) is 18.1 Å². The van der Waals surface area contributed by atoms with Gasteiger partial charge in [-0.2, -0.15) is 5.10 Å². The number of carbonyl (C=O) groups is 2. The molecule has 1 fully saturated rings. The second kappa shape index (κ2) is 8.00. The fourth-order valence-electron chi connectivity index (χ4n) is 3.51. The Morgan fingerprint density at radius 1 is 1.30 bits per heavy atom. The van der Waals surface area contributed by atoms with Gasteiger partial charge in [0.05, 0.1) is 29.2 Å². The van der Waals surface area contributed by atoms with E-state index in [0.717, 1.165) is 11.4 Å². The number of urea groups is 1. The summed E-state index contributed by atoms with van der Waals surface area (Å²) in [5.41, 5.74) is 2.35. The van der Waals surface area contributed by atoms with Gasteiger partial charge in [-0.25, -0.2) is 9.48 Å². The quantitative estimate of drug-likeness (QED) is 0.833. The molecule has 2 unspecified atom stereocenters. The SMILES string of the molecule is CCc1c(NC(=O)N2CC(C)CC(C(=O)O)C2)cnn1-c1ccc(Cl)cc1. The Balaban J connectivity index is 1.78. The van der Waals surface area contributed by atoms with Crippen molar-refractivity contribution in [1.82, 2.24) is 14.7 Å². The van der Waals surface area contributed by atoms with Gasteiger partial charge in [-0.3, -0.25) is 4.79 Å². The van der Waals surface area contributed by atoms with Crippen LogP contribution in [0.2, 0.25) is 5.02 Å². The minimum absolute atomic E-state index is 0.146. The number of piperidine rings is 1. The Kier molecular flexibility index (Phi) is 5.70. The first kappa shape index (κ1) is 19.2. The molecule has 1 saturated heterocycles. The molecule has 2 amide bonds. The highest BCUT2D eigenvalue weighted by Gasteiger charge is 2.32. The normalized spacial score (nSPS) is 19.7. The van der Waals surface area contributed by atoms with E-state index in [0.29, 0.717) is 30.1 Å². The van der Waals surface area contributed by atoms with Gasteiger partial charge in [-0.1, -0.05) is 25.4 Å². The van der Waals surface area contributed by atoms with Crippen LogP contribution in [0.3, 0.4) is 0 Å². The lowest BCUT2D eigenvalue weighted by Crippen LogP contribution is -2.47. The van der Waals surface area contributed by atoms with Crippen molar-refractivity contribution >= 4 is 29.3 Å². The number of aromatic nitrogens is 2. The summed E-state index contributed by atoms with van der Waals surface area (Å²) in [6, 6.07) is 7.01. The molecule has 2 aromatic rings. The number of carboxylic acids is 1. The van der Waals surface area contributed by atoms with Crippen molar-refractivity contribution in [1.29, 1.82) is 0 Å². The number of halogens is 1. The zero-order valence-electron chi connectivity index (χ0n) is 15.4. The molecule has 0 spiro atoms. The van der Waals surface area contributed by atoms with Crippen LogP contribution >= 0.6 is 11.6 Å². The number of nitrogens with zero attached hydrogens (tertiary/aromatic N) is 3. The molecule has 1 aromatic carbocycles. The average molecular weight is 391 g/mol. The number of anilines is 1. The molecule has 0 saturated carbocycles. The molecule has 1 aromatic heterocycles. The maximum absolute atomic E-state index is 12.7. The highest BCUT2D eigenvalue weighted by Crippen LogP contribution is 2.25. The second-order valence-corrected chi connectivity index (χ2v) is 7.39. The molecule has 27 heavy (non-hydrogen) atoms. The number of nitrogens with one attached hydrogen (secondary N) is 1. The van der Waals surface area contributed by atoms with Gasteiger partial charge in [0.25, 0.3) is 0 Å². The van der Waals surface area contributed by atoms with Crippen LogP contribution in [0.1, 0.15) is 26.0 Å². The highest BCUT2D eigenvalue weighted by atomic mass is 35.5. The first-order chi connectivity index (χ1) is 12.9. The summed E-state index contributed by atoms with van der Waals surface area (Å²) in [6.07, 6.45) is 2.88.